The van der Waals surface area contributed by atoms with E-state index in [4.69, 9.17) is 21.6 Å². The summed E-state index contributed by atoms with van der Waals surface area (Å²) in [7, 11) is 0. The number of anilines is 1. The second-order valence-corrected chi connectivity index (χ2v) is 4.53. The second kappa shape index (κ2) is 5.85. The Hall–Kier alpha value is -1.31. The van der Waals surface area contributed by atoms with Gasteiger partial charge in [0.1, 0.15) is 11.0 Å². The molecule has 1 atom stereocenters. The summed E-state index contributed by atoms with van der Waals surface area (Å²) in [5, 5.41) is 12.4. The zero-order valence-corrected chi connectivity index (χ0v) is 10.2. The van der Waals surface area contributed by atoms with E-state index in [1.807, 2.05) is 0 Å². The van der Waals surface area contributed by atoms with E-state index in [0.717, 1.165) is 26.2 Å². The van der Waals surface area contributed by atoms with Gasteiger partial charge < -0.3 is 10.1 Å². The van der Waals surface area contributed by atoms with Crippen molar-refractivity contribution < 1.29 is 4.74 Å². The first kappa shape index (κ1) is 12.2. The molecule has 17 heavy (non-hydrogen) atoms. The van der Waals surface area contributed by atoms with Gasteiger partial charge in [-0.25, -0.2) is 4.98 Å². The lowest BCUT2D eigenvalue weighted by Gasteiger charge is -2.22. The second-order valence-electron chi connectivity index (χ2n) is 4.14. The number of halogens is 1. The van der Waals surface area contributed by atoms with Gasteiger partial charge in [-0.2, -0.15) is 5.26 Å². The van der Waals surface area contributed by atoms with Crippen LogP contribution in [0.1, 0.15) is 18.4 Å². The van der Waals surface area contributed by atoms with Crippen LogP contribution in [0.3, 0.4) is 0 Å². The fourth-order valence-electron chi connectivity index (χ4n) is 1.87. The van der Waals surface area contributed by atoms with Gasteiger partial charge in [-0.15, -0.1) is 0 Å². The third kappa shape index (κ3) is 3.58. The molecule has 1 fully saturated rings. The van der Waals surface area contributed by atoms with Crippen LogP contribution in [0.15, 0.2) is 12.1 Å². The van der Waals surface area contributed by atoms with E-state index in [0.29, 0.717) is 22.5 Å². The Morgan fingerprint density at radius 3 is 3.18 bits per heavy atom. The van der Waals surface area contributed by atoms with Crippen molar-refractivity contribution >= 4 is 17.4 Å². The summed E-state index contributed by atoms with van der Waals surface area (Å²) in [6, 6.07) is 5.31. The Morgan fingerprint density at radius 1 is 1.59 bits per heavy atom. The Bertz CT molecular complexity index is 424. The van der Waals surface area contributed by atoms with E-state index < -0.39 is 0 Å². The van der Waals surface area contributed by atoms with Crippen LogP contribution in [0.4, 0.5) is 5.82 Å². The summed E-state index contributed by atoms with van der Waals surface area (Å²) in [6.07, 6.45) is 2.28. The zero-order valence-electron chi connectivity index (χ0n) is 9.45. The third-order valence-corrected chi connectivity index (χ3v) is 2.94. The van der Waals surface area contributed by atoms with Gasteiger partial charge in [0, 0.05) is 13.2 Å². The highest BCUT2D eigenvalue weighted by Gasteiger charge is 2.13. The molecule has 1 aromatic rings. The Labute approximate surface area is 106 Å². The van der Waals surface area contributed by atoms with Crippen molar-refractivity contribution in [1.29, 1.82) is 5.26 Å². The Morgan fingerprint density at radius 2 is 2.47 bits per heavy atom. The van der Waals surface area contributed by atoms with Crippen LogP contribution in [0.5, 0.6) is 0 Å². The molecular formula is C12H14ClN3O. The van der Waals surface area contributed by atoms with Gasteiger partial charge in [0.25, 0.3) is 0 Å². The Kier molecular flexibility index (Phi) is 4.18. The van der Waals surface area contributed by atoms with E-state index in [1.54, 1.807) is 12.1 Å². The number of aromatic nitrogens is 1. The molecule has 0 aliphatic carbocycles. The SMILES string of the molecule is N#Cc1cc(Cl)nc(NCC2CCCOC2)c1. The summed E-state index contributed by atoms with van der Waals surface area (Å²) in [5.74, 6) is 1.16. The van der Waals surface area contributed by atoms with Crippen molar-refractivity contribution in [3.05, 3.63) is 22.8 Å². The Balaban J connectivity index is 1.94. The summed E-state index contributed by atoms with van der Waals surface area (Å²) in [5.41, 5.74) is 0.521. The summed E-state index contributed by atoms with van der Waals surface area (Å²) < 4.78 is 5.40. The van der Waals surface area contributed by atoms with Crippen LogP contribution in [-0.2, 0) is 4.74 Å². The predicted molar refractivity (Wildman–Crippen MR) is 66.0 cm³/mol. The molecule has 0 saturated carbocycles. The van der Waals surface area contributed by atoms with Crippen LogP contribution in [-0.4, -0.2) is 24.7 Å². The van der Waals surface area contributed by atoms with Crippen LogP contribution in [0.2, 0.25) is 5.15 Å². The molecule has 2 heterocycles. The largest absolute Gasteiger partial charge is 0.381 e. The summed E-state index contributed by atoms with van der Waals surface area (Å²) in [4.78, 5) is 4.13. The first-order valence-electron chi connectivity index (χ1n) is 5.67. The molecule has 0 amide bonds. The van der Waals surface area contributed by atoms with Gasteiger partial charge >= 0.3 is 0 Å². The van der Waals surface area contributed by atoms with Crippen molar-refractivity contribution in [2.24, 2.45) is 5.92 Å². The first-order chi connectivity index (χ1) is 8.28. The van der Waals surface area contributed by atoms with Gasteiger partial charge in [-0.3, -0.25) is 0 Å². The molecule has 1 saturated heterocycles. The number of ether oxygens (including phenoxy) is 1. The maximum absolute atomic E-state index is 8.82. The van der Waals surface area contributed by atoms with Crippen LogP contribution in [0, 0.1) is 17.2 Å². The number of hydrogen-bond acceptors (Lipinski definition) is 4. The van der Waals surface area contributed by atoms with Crippen molar-refractivity contribution in [3.63, 3.8) is 0 Å². The highest BCUT2D eigenvalue weighted by molar-refractivity contribution is 6.29. The van der Waals surface area contributed by atoms with E-state index in [-0.39, 0.29) is 0 Å². The zero-order chi connectivity index (χ0) is 12.1. The minimum Gasteiger partial charge on any atom is -0.381 e. The number of nitrogens with one attached hydrogen (secondary N) is 1. The maximum atomic E-state index is 8.82. The molecule has 1 unspecified atom stereocenters. The first-order valence-corrected chi connectivity index (χ1v) is 6.05. The highest BCUT2D eigenvalue weighted by Crippen LogP contribution is 2.17. The molecule has 0 bridgehead atoms. The maximum Gasteiger partial charge on any atom is 0.132 e. The number of nitrogens with zero attached hydrogens (tertiary/aromatic N) is 2. The lowest BCUT2D eigenvalue weighted by Crippen LogP contribution is -2.24. The van der Waals surface area contributed by atoms with Crippen LogP contribution >= 0.6 is 11.6 Å². The number of rotatable bonds is 3. The average molecular weight is 252 g/mol. The molecule has 5 heteroatoms. The van der Waals surface area contributed by atoms with Crippen molar-refractivity contribution in [3.8, 4) is 6.07 Å². The minimum absolute atomic E-state index is 0.339. The summed E-state index contributed by atoms with van der Waals surface area (Å²) >= 11 is 5.82. The molecule has 1 aliphatic rings. The molecule has 0 spiro atoms. The molecule has 0 aromatic carbocycles. The van der Waals surface area contributed by atoms with E-state index in [2.05, 4.69) is 16.4 Å². The minimum atomic E-state index is 0.339. The lowest BCUT2D eigenvalue weighted by atomic mass is 10.0. The van der Waals surface area contributed by atoms with E-state index in [1.165, 1.54) is 6.42 Å². The molecule has 4 nitrogen and oxygen atoms in total. The quantitative estimate of drug-likeness (QED) is 0.839. The van der Waals surface area contributed by atoms with Crippen molar-refractivity contribution in [2.45, 2.75) is 12.8 Å². The predicted octanol–water partition coefficient (Wildman–Crippen LogP) is 2.45. The molecule has 2 rings (SSSR count). The van der Waals surface area contributed by atoms with Gasteiger partial charge in [0.05, 0.1) is 18.2 Å². The van der Waals surface area contributed by atoms with E-state index in [9.17, 15) is 0 Å². The van der Waals surface area contributed by atoms with Gasteiger partial charge in [0.15, 0.2) is 0 Å². The topological polar surface area (TPSA) is 57.9 Å². The molecular weight excluding hydrogens is 238 g/mol. The molecule has 1 aromatic heterocycles. The molecule has 90 valence electrons. The normalized spacial score (nSPS) is 19.6. The lowest BCUT2D eigenvalue weighted by molar-refractivity contribution is 0.0595. The monoisotopic (exact) mass is 251 g/mol. The number of pyridine rings is 1. The van der Waals surface area contributed by atoms with E-state index >= 15 is 0 Å². The van der Waals surface area contributed by atoms with Crippen molar-refractivity contribution in [1.82, 2.24) is 4.98 Å². The van der Waals surface area contributed by atoms with Gasteiger partial charge in [-0.05, 0) is 30.9 Å². The number of hydrogen-bond donors (Lipinski definition) is 1. The highest BCUT2D eigenvalue weighted by atomic mass is 35.5. The fraction of sp³-hybridized carbons (Fsp3) is 0.500. The summed E-state index contributed by atoms with van der Waals surface area (Å²) in [6.45, 7) is 2.46. The van der Waals surface area contributed by atoms with Crippen molar-refractivity contribution in [2.75, 3.05) is 25.1 Å². The van der Waals surface area contributed by atoms with Crippen LogP contribution < -0.4 is 5.32 Å². The van der Waals surface area contributed by atoms with Gasteiger partial charge in [-0.1, -0.05) is 11.6 Å². The van der Waals surface area contributed by atoms with Gasteiger partial charge in [0.2, 0.25) is 0 Å². The standard InChI is InChI=1S/C12H14ClN3O/c13-11-4-10(6-14)5-12(16-11)15-7-9-2-1-3-17-8-9/h4-5,9H,1-3,7-8H2,(H,15,16). The smallest absolute Gasteiger partial charge is 0.132 e. The van der Waals surface area contributed by atoms with Crippen LogP contribution in [0.25, 0.3) is 0 Å². The fourth-order valence-corrected chi connectivity index (χ4v) is 2.08. The molecule has 1 N–H and O–H groups in total. The third-order valence-electron chi connectivity index (χ3n) is 2.75. The average Bonchev–Trinajstić information content (AvgIpc) is 2.37. The molecule has 0 radical (unpaired) electrons. The molecule has 1 aliphatic heterocycles. The number of nitriles is 1.